The summed E-state index contributed by atoms with van der Waals surface area (Å²) in [7, 11) is 3.14. The van der Waals surface area contributed by atoms with Crippen LogP contribution in [0.5, 0.6) is 0 Å². The van der Waals surface area contributed by atoms with Gasteiger partial charge in [-0.2, -0.15) is 0 Å². The second kappa shape index (κ2) is 15.0. The van der Waals surface area contributed by atoms with E-state index >= 15 is 0 Å². The first kappa shape index (κ1) is 36.4. The molecule has 2 N–H and O–H groups in total. The number of carbonyl (C=O) groups is 3. The lowest BCUT2D eigenvalue weighted by Gasteiger charge is -2.33. The van der Waals surface area contributed by atoms with Gasteiger partial charge in [0.05, 0.1) is 5.41 Å². The van der Waals surface area contributed by atoms with E-state index in [2.05, 4.69) is 15.6 Å². The van der Waals surface area contributed by atoms with Crippen LogP contribution in [0.25, 0.3) is 0 Å². The van der Waals surface area contributed by atoms with E-state index in [0.717, 1.165) is 27.8 Å². The number of methoxy groups -OCH3 is 2. The number of fused-ring (bicyclic) bond motifs is 3. The number of nitrogens with one attached hydrogen (secondary N) is 2. The van der Waals surface area contributed by atoms with Crippen molar-refractivity contribution in [1.29, 1.82) is 0 Å². The predicted octanol–water partition coefficient (Wildman–Crippen LogP) is 6.60. The van der Waals surface area contributed by atoms with Gasteiger partial charge in [-0.15, -0.1) is 0 Å². The molecule has 1 spiro atoms. The van der Waals surface area contributed by atoms with Gasteiger partial charge in [-0.05, 0) is 54.7 Å². The van der Waals surface area contributed by atoms with Crippen LogP contribution < -0.4 is 10.6 Å². The molecule has 2 aliphatic rings. The average molecular weight is 631 g/mol. The maximum Gasteiger partial charge on any atom is 0.244 e. The summed E-state index contributed by atoms with van der Waals surface area (Å²) < 4.78 is 11.3. The molecule has 1 aromatic heterocycles. The third kappa shape index (κ3) is 7.32. The number of ether oxygens (including phenoxy) is 2. The fourth-order valence-corrected chi connectivity index (χ4v) is 6.00. The van der Waals surface area contributed by atoms with E-state index in [-0.39, 0.29) is 30.8 Å². The molecule has 0 bridgehead atoms. The highest BCUT2D eigenvalue weighted by molar-refractivity contribution is 6.06. The Hall–Kier alpha value is -4.08. The first-order valence-corrected chi connectivity index (χ1v) is 16.1. The normalized spacial score (nSPS) is 16.3. The molecule has 248 valence electrons. The van der Waals surface area contributed by atoms with Gasteiger partial charge in [0.15, 0.2) is 5.79 Å². The minimum Gasteiger partial charge on any atom is -0.349 e. The lowest BCUT2D eigenvalue weighted by Crippen LogP contribution is -2.43. The lowest BCUT2D eigenvalue weighted by molar-refractivity contribution is -0.202. The van der Waals surface area contributed by atoms with Crippen LogP contribution in [-0.2, 0) is 54.4 Å². The second-order valence-electron chi connectivity index (χ2n) is 12.2. The molecule has 1 aliphatic carbocycles. The number of rotatable bonds is 8. The minimum absolute atomic E-state index is 0.0485. The average Bonchev–Trinajstić information content (AvgIpc) is 3.58. The fourth-order valence-electron chi connectivity index (χ4n) is 6.00. The molecule has 46 heavy (non-hydrogen) atoms. The molecular weight excluding hydrogens is 580 g/mol. The largest absolute Gasteiger partial charge is 0.349 e. The number of benzene rings is 2. The maximum atomic E-state index is 13.5. The van der Waals surface area contributed by atoms with Gasteiger partial charge in [0.1, 0.15) is 12.4 Å². The van der Waals surface area contributed by atoms with E-state index < -0.39 is 16.6 Å². The van der Waals surface area contributed by atoms with Crippen molar-refractivity contribution in [3.63, 3.8) is 0 Å². The Morgan fingerprint density at radius 2 is 1.59 bits per heavy atom. The van der Waals surface area contributed by atoms with Crippen LogP contribution in [0.4, 0.5) is 11.5 Å². The van der Waals surface area contributed by atoms with Crippen LogP contribution in [0.1, 0.15) is 83.2 Å². The summed E-state index contributed by atoms with van der Waals surface area (Å²) >= 11 is 0. The minimum atomic E-state index is -1.01. The Morgan fingerprint density at radius 1 is 0.935 bits per heavy atom. The summed E-state index contributed by atoms with van der Waals surface area (Å²) in [5, 5.41) is 5.90. The zero-order valence-corrected chi connectivity index (χ0v) is 29.0. The van der Waals surface area contributed by atoms with E-state index in [4.69, 9.17) is 9.47 Å². The number of nitrogens with zero attached hydrogens (tertiary/aromatic N) is 2. The second-order valence-corrected chi connectivity index (χ2v) is 12.2. The van der Waals surface area contributed by atoms with E-state index in [9.17, 15) is 14.4 Å². The summed E-state index contributed by atoms with van der Waals surface area (Å²) in [6, 6.07) is 17.1. The number of pyridine rings is 1. The van der Waals surface area contributed by atoms with Crippen LogP contribution in [0.3, 0.4) is 0 Å². The maximum absolute atomic E-state index is 13.5. The number of hydrogen-bond acceptors (Lipinski definition) is 6. The van der Waals surface area contributed by atoms with Crippen molar-refractivity contribution in [2.45, 2.75) is 86.0 Å². The first-order chi connectivity index (χ1) is 21.9. The van der Waals surface area contributed by atoms with Gasteiger partial charge in [0.2, 0.25) is 17.7 Å². The number of amides is 3. The van der Waals surface area contributed by atoms with Gasteiger partial charge in [-0.25, -0.2) is 4.98 Å². The zero-order chi connectivity index (χ0) is 34.3. The summed E-state index contributed by atoms with van der Waals surface area (Å²) in [5.41, 5.74) is 3.83. The van der Waals surface area contributed by atoms with Gasteiger partial charge in [0, 0.05) is 49.2 Å². The molecule has 1 aliphatic heterocycles. The predicted molar refractivity (Wildman–Crippen MR) is 182 cm³/mol. The molecule has 0 saturated carbocycles. The third-order valence-corrected chi connectivity index (χ3v) is 8.37. The van der Waals surface area contributed by atoms with Crippen LogP contribution in [-0.4, -0.2) is 48.4 Å². The molecule has 0 saturated heterocycles. The van der Waals surface area contributed by atoms with Crippen LogP contribution >= 0.6 is 0 Å². The van der Waals surface area contributed by atoms with Crippen molar-refractivity contribution in [2.75, 3.05) is 31.4 Å². The molecular formula is C37H50N4O5. The summed E-state index contributed by atoms with van der Waals surface area (Å²) in [6.45, 7) is 15.4. The lowest BCUT2D eigenvalue weighted by atomic mass is 9.79. The SMILES string of the molecule is CC.CC.COC(C)(OC)c1ccccc1CN(CC(=O)Nc1ccc2c(c1)CC1(C2)C(=O)Nc2ncccc21)C(=O)C(C)(C)C. The van der Waals surface area contributed by atoms with E-state index in [1.807, 2.05) is 110 Å². The molecule has 3 aromatic rings. The van der Waals surface area contributed by atoms with Gasteiger partial charge < -0.3 is 25.0 Å². The molecule has 2 heterocycles. The molecule has 9 nitrogen and oxygen atoms in total. The van der Waals surface area contributed by atoms with Crippen LogP contribution in [0.15, 0.2) is 60.8 Å². The Morgan fingerprint density at radius 3 is 2.24 bits per heavy atom. The highest BCUT2D eigenvalue weighted by atomic mass is 16.7. The molecule has 5 rings (SSSR count). The van der Waals surface area contributed by atoms with Gasteiger partial charge >= 0.3 is 0 Å². The van der Waals surface area contributed by atoms with Gasteiger partial charge in [-0.3, -0.25) is 14.4 Å². The first-order valence-electron chi connectivity index (χ1n) is 16.1. The molecule has 1 atom stereocenters. The monoisotopic (exact) mass is 630 g/mol. The standard InChI is InChI=1S/C33H38N4O5.2C2H6/c1-31(2,3)30(40)37(19-22-10-7-8-11-25(22)32(4,41-5)42-6)20-27(38)35-24-14-13-21-17-33(18-23(21)16-24)26-12-9-15-34-28(26)36-29(33)39;2*1-2/h7-16H,17-20H2,1-6H3,(H,35,38)(H,34,36,39);2*1-2H3. The molecule has 0 radical (unpaired) electrons. The van der Waals surface area contributed by atoms with Crippen LogP contribution in [0.2, 0.25) is 0 Å². The molecule has 1 unspecified atom stereocenters. The number of carbonyl (C=O) groups excluding carboxylic acids is 3. The van der Waals surface area contributed by atoms with Gasteiger partial charge in [-0.1, -0.05) is 84.9 Å². The van der Waals surface area contributed by atoms with Crippen LogP contribution in [0, 0.1) is 5.41 Å². The molecule has 0 fully saturated rings. The highest BCUT2D eigenvalue weighted by Gasteiger charge is 2.51. The summed E-state index contributed by atoms with van der Waals surface area (Å²) in [4.78, 5) is 45.9. The summed E-state index contributed by atoms with van der Waals surface area (Å²) in [6.07, 6.45) is 2.78. The van der Waals surface area contributed by atoms with Crippen molar-refractivity contribution in [3.8, 4) is 0 Å². The van der Waals surface area contributed by atoms with Crippen molar-refractivity contribution in [1.82, 2.24) is 9.88 Å². The molecule has 3 amide bonds. The van der Waals surface area contributed by atoms with Gasteiger partial charge in [0.25, 0.3) is 0 Å². The summed E-state index contributed by atoms with van der Waals surface area (Å²) in [5.74, 6) is -0.909. The number of anilines is 2. The quantitative estimate of drug-likeness (QED) is 0.272. The fraction of sp³-hybridized carbons (Fsp3) is 0.459. The highest BCUT2D eigenvalue weighted by Crippen LogP contribution is 2.47. The van der Waals surface area contributed by atoms with Crippen molar-refractivity contribution in [2.24, 2.45) is 5.41 Å². The Balaban J connectivity index is 0.00000139. The smallest absolute Gasteiger partial charge is 0.244 e. The zero-order valence-electron chi connectivity index (χ0n) is 29.0. The van der Waals surface area contributed by atoms with Crippen molar-refractivity contribution >= 4 is 29.2 Å². The Labute approximate surface area is 274 Å². The third-order valence-electron chi connectivity index (χ3n) is 8.37. The topological polar surface area (TPSA) is 110 Å². The van der Waals surface area contributed by atoms with Crippen molar-refractivity contribution in [3.05, 3.63) is 88.6 Å². The molecule has 9 heteroatoms. The Bertz CT molecular complexity index is 1540. The Kier molecular flexibility index (Phi) is 11.9. The van der Waals surface area contributed by atoms with E-state index in [1.165, 1.54) is 0 Å². The van der Waals surface area contributed by atoms with Crippen molar-refractivity contribution < 1.29 is 23.9 Å². The number of hydrogen-bond donors (Lipinski definition) is 2. The number of aromatic nitrogens is 1. The van der Waals surface area contributed by atoms with E-state index in [0.29, 0.717) is 24.3 Å². The molecule has 2 aromatic carbocycles. The van der Waals surface area contributed by atoms with E-state index in [1.54, 1.807) is 25.3 Å².